The van der Waals surface area contributed by atoms with Gasteiger partial charge in [-0.15, -0.1) is 0 Å². The molecule has 1 fully saturated rings. The number of rotatable bonds is 0. The first kappa shape index (κ1) is 7.98. The number of nitrogens with zero attached hydrogens (tertiary/aromatic N) is 2. The zero-order chi connectivity index (χ0) is 7.40. The molecule has 0 amide bonds. The molecule has 0 aromatic rings. The van der Waals surface area contributed by atoms with Crippen LogP contribution in [0, 0.1) is 0 Å². The molecule has 1 saturated heterocycles. The van der Waals surface area contributed by atoms with Crippen molar-refractivity contribution in [3.05, 3.63) is 0 Å². The standard InChI is InChI=1S/C7H16N2O/c1-8-3-4-9(2)7-10-6-5-8/h3-7H2,1-2H3. The van der Waals surface area contributed by atoms with Crippen LogP contribution in [0.1, 0.15) is 0 Å². The van der Waals surface area contributed by atoms with E-state index in [0.717, 1.165) is 33.0 Å². The van der Waals surface area contributed by atoms with Crippen LogP contribution in [-0.2, 0) is 4.74 Å². The van der Waals surface area contributed by atoms with E-state index in [4.69, 9.17) is 4.74 Å². The van der Waals surface area contributed by atoms with Gasteiger partial charge in [0.05, 0.1) is 13.3 Å². The van der Waals surface area contributed by atoms with E-state index in [2.05, 4.69) is 23.9 Å². The highest BCUT2D eigenvalue weighted by Crippen LogP contribution is 1.92. The lowest BCUT2D eigenvalue weighted by molar-refractivity contribution is 0.0110. The molecule has 1 heterocycles. The summed E-state index contributed by atoms with van der Waals surface area (Å²) in [6.45, 7) is 4.97. The van der Waals surface area contributed by atoms with Gasteiger partial charge in [-0.05, 0) is 14.1 Å². The Hall–Kier alpha value is -0.120. The van der Waals surface area contributed by atoms with Crippen molar-refractivity contribution in [2.24, 2.45) is 0 Å². The van der Waals surface area contributed by atoms with Crippen LogP contribution < -0.4 is 0 Å². The molecule has 0 atom stereocenters. The van der Waals surface area contributed by atoms with Gasteiger partial charge < -0.3 is 9.64 Å². The molecule has 0 unspecified atom stereocenters. The van der Waals surface area contributed by atoms with Crippen molar-refractivity contribution in [2.45, 2.75) is 0 Å². The highest BCUT2D eigenvalue weighted by Gasteiger charge is 2.05. The van der Waals surface area contributed by atoms with Crippen LogP contribution in [-0.4, -0.2) is 56.9 Å². The Kier molecular flexibility index (Phi) is 3.12. The van der Waals surface area contributed by atoms with E-state index in [1.165, 1.54) is 0 Å². The second kappa shape index (κ2) is 3.91. The second-order valence-corrected chi connectivity index (χ2v) is 2.92. The summed E-state index contributed by atoms with van der Waals surface area (Å²) >= 11 is 0. The second-order valence-electron chi connectivity index (χ2n) is 2.92. The lowest BCUT2D eigenvalue weighted by Gasteiger charge is -2.25. The molecule has 0 saturated carbocycles. The van der Waals surface area contributed by atoms with Crippen molar-refractivity contribution in [1.29, 1.82) is 0 Å². The predicted molar refractivity (Wildman–Crippen MR) is 40.9 cm³/mol. The van der Waals surface area contributed by atoms with Gasteiger partial charge in [0, 0.05) is 19.6 Å². The molecule has 1 rings (SSSR count). The minimum atomic E-state index is 0.786. The van der Waals surface area contributed by atoms with E-state index in [0.29, 0.717) is 0 Å². The van der Waals surface area contributed by atoms with E-state index in [9.17, 15) is 0 Å². The first-order valence-corrected chi connectivity index (χ1v) is 3.74. The Morgan fingerprint density at radius 1 is 1.00 bits per heavy atom. The van der Waals surface area contributed by atoms with Gasteiger partial charge in [-0.25, -0.2) is 0 Å². The molecule has 0 bridgehead atoms. The van der Waals surface area contributed by atoms with Crippen molar-refractivity contribution < 1.29 is 4.74 Å². The lowest BCUT2D eigenvalue weighted by Crippen LogP contribution is -2.37. The quantitative estimate of drug-likeness (QED) is 0.470. The van der Waals surface area contributed by atoms with Crippen LogP contribution in [0.2, 0.25) is 0 Å². The fourth-order valence-corrected chi connectivity index (χ4v) is 0.959. The minimum absolute atomic E-state index is 0.786. The Bertz CT molecular complexity index is 85.6. The van der Waals surface area contributed by atoms with Gasteiger partial charge in [-0.2, -0.15) is 0 Å². The van der Waals surface area contributed by atoms with Gasteiger partial charge in [0.15, 0.2) is 0 Å². The summed E-state index contributed by atoms with van der Waals surface area (Å²) in [5.74, 6) is 0. The zero-order valence-corrected chi connectivity index (χ0v) is 6.84. The Balaban J connectivity index is 2.23. The molecule has 0 N–H and O–H groups in total. The summed E-state index contributed by atoms with van der Waals surface area (Å²) in [7, 11) is 4.21. The molecule has 3 nitrogen and oxygen atoms in total. The molecule has 0 spiro atoms. The molecule has 1 aliphatic heterocycles. The maximum atomic E-state index is 5.34. The molecule has 60 valence electrons. The van der Waals surface area contributed by atoms with Crippen LogP contribution in [0.5, 0.6) is 0 Å². The van der Waals surface area contributed by atoms with Gasteiger partial charge >= 0.3 is 0 Å². The Morgan fingerprint density at radius 3 is 2.50 bits per heavy atom. The highest BCUT2D eigenvalue weighted by atomic mass is 16.5. The molecule has 10 heavy (non-hydrogen) atoms. The normalized spacial score (nSPS) is 25.8. The fraction of sp³-hybridized carbons (Fsp3) is 1.00. The predicted octanol–water partition coefficient (Wildman–Crippen LogP) is -0.162. The fourth-order valence-electron chi connectivity index (χ4n) is 0.959. The zero-order valence-electron chi connectivity index (χ0n) is 6.84. The van der Waals surface area contributed by atoms with E-state index in [1.807, 2.05) is 0 Å². The first-order valence-electron chi connectivity index (χ1n) is 3.74. The van der Waals surface area contributed by atoms with Crippen LogP contribution >= 0.6 is 0 Å². The van der Waals surface area contributed by atoms with Crippen LogP contribution in [0.3, 0.4) is 0 Å². The summed E-state index contributed by atoms with van der Waals surface area (Å²) in [5, 5.41) is 0. The number of hydrogen-bond acceptors (Lipinski definition) is 3. The van der Waals surface area contributed by atoms with E-state index in [-0.39, 0.29) is 0 Å². The minimum Gasteiger partial charge on any atom is -0.365 e. The third-order valence-electron chi connectivity index (χ3n) is 1.79. The molecule has 0 aromatic carbocycles. The van der Waals surface area contributed by atoms with E-state index < -0.39 is 0 Å². The topological polar surface area (TPSA) is 15.7 Å². The van der Waals surface area contributed by atoms with Crippen molar-refractivity contribution in [2.75, 3.05) is 47.1 Å². The summed E-state index contributed by atoms with van der Waals surface area (Å²) in [5.41, 5.74) is 0. The monoisotopic (exact) mass is 144 g/mol. The lowest BCUT2D eigenvalue weighted by atomic mass is 10.5. The summed E-state index contributed by atoms with van der Waals surface area (Å²) in [6.07, 6.45) is 0. The molecule has 1 aliphatic rings. The van der Waals surface area contributed by atoms with Gasteiger partial charge in [0.2, 0.25) is 0 Å². The van der Waals surface area contributed by atoms with E-state index in [1.54, 1.807) is 0 Å². The molecule has 3 heteroatoms. The summed E-state index contributed by atoms with van der Waals surface area (Å²) in [6, 6.07) is 0. The largest absolute Gasteiger partial charge is 0.365 e. The summed E-state index contributed by atoms with van der Waals surface area (Å²) in [4.78, 5) is 4.48. The SMILES string of the molecule is CN1CCOCN(C)CC1. The van der Waals surface area contributed by atoms with Crippen molar-refractivity contribution in [3.63, 3.8) is 0 Å². The van der Waals surface area contributed by atoms with Gasteiger partial charge in [0.25, 0.3) is 0 Å². The maximum Gasteiger partial charge on any atom is 0.0988 e. The van der Waals surface area contributed by atoms with Crippen molar-refractivity contribution in [3.8, 4) is 0 Å². The summed E-state index contributed by atoms with van der Waals surface area (Å²) < 4.78 is 5.34. The molecule has 0 aliphatic carbocycles. The number of hydrogen-bond donors (Lipinski definition) is 0. The van der Waals surface area contributed by atoms with Gasteiger partial charge in [0.1, 0.15) is 0 Å². The highest BCUT2D eigenvalue weighted by molar-refractivity contribution is 4.56. The van der Waals surface area contributed by atoms with Crippen LogP contribution in [0.25, 0.3) is 0 Å². The molecule has 0 radical (unpaired) electrons. The Morgan fingerprint density at radius 2 is 1.70 bits per heavy atom. The maximum absolute atomic E-state index is 5.34. The first-order chi connectivity index (χ1) is 4.79. The van der Waals surface area contributed by atoms with Gasteiger partial charge in [-0.3, -0.25) is 4.90 Å². The van der Waals surface area contributed by atoms with Crippen molar-refractivity contribution >= 4 is 0 Å². The smallest absolute Gasteiger partial charge is 0.0988 e. The molecular formula is C7H16N2O. The van der Waals surface area contributed by atoms with Gasteiger partial charge in [-0.1, -0.05) is 0 Å². The average molecular weight is 144 g/mol. The van der Waals surface area contributed by atoms with E-state index >= 15 is 0 Å². The molecular weight excluding hydrogens is 128 g/mol. The third kappa shape index (κ3) is 2.64. The average Bonchev–Trinajstić information content (AvgIpc) is 1.90. The number of ether oxygens (including phenoxy) is 1. The van der Waals surface area contributed by atoms with Crippen LogP contribution in [0.15, 0.2) is 0 Å². The molecule has 0 aromatic heterocycles. The number of likely N-dealkylation sites (N-methyl/N-ethyl adjacent to an activating group) is 2. The third-order valence-corrected chi connectivity index (χ3v) is 1.79. The Labute approximate surface area is 62.6 Å². The van der Waals surface area contributed by atoms with Crippen molar-refractivity contribution in [1.82, 2.24) is 9.80 Å². The van der Waals surface area contributed by atoms with Crippen LogP contribution in [0.4, 0.5) is 0 Å².